The minimum Gasteiger partial charge on any atom is -0.543 e. The summed E-state index contributed by atoms with van der Waals surface area (Å²) in [6.07, 6.45) is 3.63. The summed E-state index contributed by atoms with van der Waals surface area (Å²) in [4.78, 5) is 47.8. The van der Waals surface area contributed by atoms with Crippen molar-refractivity contribution in [1.82, 2.24) is 24.3 Å². The van der Waals surface area contributed by atoms with Crippen molar-refractivity contribution in [3.63, 3.8) is 0 Å². The number of amides is 2. The molecular formula is C18H21N8O5S2+. The molecule has 3 atom stereocenters. The zero-order valence-electron chi connectivity index (χ0n) is 17.7. The minimum absolute atomic E-state index is 0.00362. The second kappa shape index (κ2) is 9.29. The minimum atomic E-state index is -1.44. The molecule has 0 saturated carbocycles. The molecule has 2 amide bonds. The van der Waals surface area contributed by atoms with E-state index in [0.717, 1.165) is 4.90 Å². The number of carboxylic acids is 1. The van der Waals surface area contributed by atoms with Crippen molar-refractivity contribution in [3.8, 4) is 0 Å². The van der Waals surface area contributed by atoms with Crippen molar-refractivity contribution in [2.45, 2.75) is 24.9 Å². The second-order valence-corrected chi connectivity index (χ2v) is 9.31. The van der Waals surface area contributed by atoms with Crippen molar-refractivity contribution >= 4 is 46.1 Å². The van der Waals surface area contributed by atoms with Crippen LogP contribution in [-0.4, -0.2) is 66.2 Å². The quantitative estimate of drug-likeness (QED) is 0.132. The van der Waals surface area contributed by atoms with E-state index in [4.69, 9.17) is 9.98 Å². The number of β-lactam (4-membered cyclic amide) rings is 1. The summed E-state index contributed by atoms with van der Waals surface area (Å²) in [6.45, 7) is 2.19. The number of nitrogens with one attached hydrogen (secondary N) is 1. The van der Waals surface area contributed by atoms with E-state index in [1.165, 1.54) is 17.3 Å². The highest BCUT2D eigenvalue weighted by Gasteiger charge is 2.53. The van der Waals surface area contributed by atoms with Crippen LogP contribution < -0.4 is 20.2 Å². The van der Waals surface area contributed by atoms with Crippen LogP contribution >= 0.6 is 22.6 Å². The number of thioether (sulfide) groups is 1. The van der Waals surface area contributed by atoms with Crippen molar-refractivity contribution < 1.29 is 29.0 Å². The molecule has 0 spiro atoms. The molecule has 0 aliphatic carbocycles. The number of oxime groups is 1. The number of carbonyl (C=O) groups is 3. The number of carbonyl (C=O) groups excluding carboxylic acids is 3. The van der Waals surface area contributed by atoms with Crippen LogP contribution in [-0.2, 0) is 32.8 Å². The molecule has 0 bridgehead atoms. The third kappa shape index (κ3) is 4.34. The van der Waals surface area contributed by atoms with Crippen LogP contribution in [0.1, 0.15) is 12.7 Å². The van der Waals surface area contributed by atoms with Gasteiger partial charge in [0.15, 0.2) is 13.2 Å². The first-order chi connectivity index (χ1) is 15.8. The van der Waals surface area contributed by atoms with Gasteiger partial charge in [-0.1, -0.05) is 5.16 Å². The fourth-order valence-electron chi connectivity index (χ4n) is 3.48. The number of aryl methyl sites for hydroxylation is 1. The number of aliphatic carboxylic acids is 1. The van der Waals surface area contributed by atoms with E-state index in [-0.39, 0.29) is 30.4 Å². The van der Waals surface area contributed by atoms with Gasteiger partial charge in [-0.25, -0.2) is 0 Å². The van der Waals surface area contributed by atoms with Gasteiger partial charge in [-0.3, -0.25) is 14.5 Å². The second-order valence-electron chi connectivity index (χ2n) is 7.12. The highest BCUT2D eigenvalue weighted by Crippen LogP contribution is 2.40. The largest absolute Gasteiger partial charge is 0.543 e. The Balaban J connectivity index is 1.54. The van der Waals surface area contributed by atoms with E-state index in [9.17, 15) is 19.5 Å². The molecule has 0 aromatic carbocycles. The summed E-state index contributed by atoms with van der Waals surface area (Å²) >= 11 is 1.36. The smallest absolute Gasteiger partial charge is 0.279 e. The lowest BCUT2D eigenvalue weighted by Gasteiger charge is -2.50. The number of fused-ring (bicyclic) bond motifs is 1. The number of carboxylic acid groups (broad SMARTS) is 1. The molecule has 2 aliphatic rings. The van der Waals surface area contributed by atoms with E-state index in [1.807, 2.05) is 24.0 Å². The summed E-state index contributed by atoms with van der Waals surface area (Å²) in [5.41, 5.74) is 1.55. The topological polar surface area (TPSA) is 172 Å². The number of rotatable bonds is 8. The standard InChI is InChI=1S/C18H20N8O5S2/c1-3-31-22-11(14-20-9-33(19)23-14)15(27)21-12-16(28)26-13(18(29)30)10(8-32-17(12)26)7-25-6-4-5-24(25)2/h4-6,9,12,17,19H,3,7-8H2,1-2H3,(H-,21,27,29,30)/p+1/t12?,17-,33?/m1/s1. The van der Waals surface area contributed by atoms with Gasteiger partial charge < -0.3 is 20.1 Å². The summed E-state index contributed by atoms with van der Waals surface area (Å²) in [5, 5.41) is 23.4. The molecule has 15 heteroatoms. The Labute approximate surface area is 195 Å². The lowest BCUT2D eigenvalue weighted by atomic mass is 10.0. The number of aromatic nitrogens is 4. The van der Waals surface area contributed by atoms with E-state index in [2.05, 4.69) is 19.8 Å². The normalized spacial score (nSPS) is 20.9. The number of hydrogen-bond donors (Lipinski definition) is 2. The maximum absolute atomic E-state index is 12.9. The highest BCUT2D eigenvalue weighted by atomic mass is 32.2. The van der Waals surface area contributed by atoms with Crippen LogP contribution in [0.25, 0.3) is 0 Å². The predicted molar refractivity (Wildman–Crippen MR) is 115 cm³/mol. The highest BCUT2D eigenvalue weighted by molar-refractivity contribution is 8.00. The molecule has 2 aromatic rings. The lowest BCUT2D eigenvalue weighted by molar-refractivity contribution is -0.752. The van der Waals surface area contributed by atoms with Gasteiger partial charge in [-0.15, -0.1) is 21.6 Å². The van der Waals surface area contributed by atoms with Gasteiger partial charge >= 0.3 is 0 Å². The lowest BCUT2D eigenvalue weighted by Crippen LogP contribution is -2.71. The van der Waals surface area contributed by atoms with Crippen molar-refractivity contribution in [1.29, 1.82) is 0 Å². The molecule has 2 aliphatic heterocycles. The summed E-state index contributed by atoms with van der Waals surface area (Å²) in [7, 11) is 0.854. The van der Waals surface area contributed by atoms with Crippen LogP contribution in [0.2, 0.25) is 0 Å². The van der Waals surface area contributed by atoms with E-state index in [0.29, 0.717) is 11.3 Å². The van der Waals surface area contributed by atoms with Gasteiger partial charge in [0.1, 0.15) is 24.6 Å². The zero-order chi connectivity index (χ0) is 23.7. The number of nitrogens with zero attached hydrogens (tertiary/aromatic N) is 6. The van der Waals surface area contributed by atoms with Crippen LogP contribution in [0.3, 0.4) is 0 Å². The van der Waals surface area contributed by atoms with Gasteiger partial charge in [0, 0.05) is 16.2 Å². The Hall–Kier alpha value is -3.30. The molecule has 1 saturated heterocycles. The van der Waals surface area contributed by atoms with Crippen LogP contribution in [0.5, 0.6) is 0 Å². The SMILES string of the molecule is CCON=C(C(=O)NC1C(=O)N2C(C(=O)[O-])=C(Cn3ccc[n+]3C)CS[C@H]12)c1nc[s+](N)n1. The van der Waals surface area contributed by atoms with Crippen molar-refractivity contribution in [2.75, 3.05) is 17.5 Å². The maximum Gasteiger partial charge on any atom is 0.279 e. The molecular weight excluding hydrogens is 472 g/mol. The maximum atomic E-state index is 12.9. The Kier molecular flexibility index (Phi) is 6.44. The van der Waals surface area contributed by atoms with Gasteiger partial charge in [0.2, 0.25) is 22.4 Å². The molecule has 4 heterocycles. The predicted octanol–water partition coefficient (Wildman–Crippen LogP) is -2.59. The van der Waals surface area contributed by atoms with Gasteiger partial charge in [0.05, 0.1) is 17.9 Å². The fourth-order valence-corrected chi connectivity index (χ4v) is 5.41. The third-order valence-corrected chi connectivity index (χ3v) is 7.08. The molecule has 0 radical (unpaired) electrons. The number of nitrogen functional groups attached to an aromatic ring is 1. The molecule has 2 aromatic heterocycles. The average Bonchev–Trinajstić information content (AvgIpc) is 3.39. The number of hydrogen-bond acceptors (Lipinski definition) is 10. The van der Waals surface area contributed by atoms with Crippen LogP contribution in [0.15, 0.2) is 40.4 Å². The first-order valence-electron chi connectivity index (χ1n) is 9.82. The Bertz CT molecular complexity index is 1170. The van der Waals surface area contributed by atoms with Gasteiger partial charge in [0.25, 0.3) is 17.3 Å². The molecule has 2 unspecified atom stereocenters. The summed E-state index contributed by atoms with van der Waals surface area (Å²) in [6, 6.07) is 0.876. The number of nitrogens with two attached hydrogens (primary N) is 1. The first-order valence-corrected chi connectivity index (χ1v) is 12.2. The molecule has 4 rings (SSSR count). The molecule has 33 heavy (non-hydrogen) atoms. The third-order valence-electron chi connectivity index (χ3n) is 5.03. The molecule has 1 fully saturated rings. The molecule has 3 N–H and O–H groups in total. The van der Waals surface area contributed by atoms with Crippen LogP contribution in [0.4, 0.5) is 0 Å². The van der Waals surface area contributed by atoms with Crippen molar-refractivity contribution in [2.24, 2.45) is 12.2 Å². The zero-order valence-corrected chi connectivity index (χ0v) is 19.3. The first kappa shape index (κ1) is 22.9. The van der Waals surface area contributed by atoms with E-state index in [1.54, 1.807) is 17.8 Å². The summed E-state index contributed by atoms with van der Waals surface area (Å²) < 4.78 is 7.65. The Morgan fingerprint density at radius 3 is 2.91 bits per heavy atom. The van der Waals surface area contributed by atoms with Gasteiger partial charge in [-0.05, 0) is 12.5 Å². The molecule has 13 nitrogen and oxygen atoms in total. The van der Waals surface area contributed by atoms with E-state index >= 15 is 0 Å². The van der Waals surface area contributed by atoms with Crippen LogP contribution in [0, 0.1) is 0 Å². The average molecular weight is 494 g/mol. The van der Waals surface area contributed by atoms with Crippen molar-refractivity contribution in [3.05, 3.63) is 41.1 Å². The summed E-state index contributed by atoms with van der Waals surface area (Å²) in [5.74, 6) is -2.36. The fraction of sp³-hybridized carbons (Fsp3) is 0.389. The Morgan fingerprint density at radius 1 is 1.52 bits per heavy atom. The monoisotopic (exact) mass is 493 g/mol. The van der Waals surface area contributed by atoms with Gasteiger partial charge in [-0.2, -0.15) is 9.67 Å². The Morgan fingerprint density at radius 2 is 2.30 bits per heavy atom. The van der Waals surface area contributed by atoms with E-state index < -0.39 is 40.1 Å². The molecule has 174 valence electrons.